The second kappa shape index (κ2) is 5.37. The molecule has 96 valence electrons. The van der Waals surface area contributed by atoms with Crippen molar-refractivity contribution in [1.82, 2.24) is 0 Å². The highest BCUT2D eigenvalue weighted by atomic mass is 19.4. The van der Waals surface area contributed by atoms with Crippen molar-refractivity contribution in [2.24, 2.45) is 5.73 Å². The van der Waals surface area contributed by atoms with Crippen molar-refractivity contribution in [3.63, 3.8) is 0 Å². The normalized spacial score (nSPS) is 13.5. The Morgan fingerprint density at radius 3 is 2.53 bits per heavy atom. The van der Waals surface area contributed by atoms with Crippen LogP contribution in [0, 0.1) is 6.92 Å². The van der Waals surface area contributed by atoms with Crippen LogP contribution in [0.2, 0.25) is 0 Å². The van der Waals surface area contributed by atoms with Gasteiger partial charge in [-0.1, -0.05) is 6.07 Å². The number of alkyl halides is 3. The van der Waals surface area contributed by atoms with Crippen LogP contribution in [0.15, 0.2) is 18.2 Å². The molecule has 3 nitrogen and oxygen atoms in total. The van der Waals surface area contributed by atoms with Gasteiger partial charge in [-0.25, -0.2) is 0 Å². The molecule has 1 aromatic carbocycles. The Morgan fingerprint density at radius 1 is 1.35 bits per heavy atom. The standard InChI is InChI=1S/C11H14F3NO2/c1-7-4-8(10(16)2-3-15)6-9(5-7)17-11(12,13)14/h4-6,10,16H,2-3,15H2,1H3. The van der Waals surface area contributed by atoms with E-state index in [9.17, 15) is 18.3 Å². The molecule has 6 heteroatoms. The summed E-state index contributed by atoms with van der Waals surface area (Å²) in [6.07, 6.45) is -5.32. The minimum Gasteiger partial charge on any atom is -0.406 e. The summed E-state index contributed by atoms with van der Waals surface area (Å²) in [5, 5.41) is 9.65. The number of benzene rings is 1. The van der Waals surface area contributed by atoms with Crippen LogP contribution in [-0.4, -0.2) is 18.0 Å². The molecule has 1 unspecified atom stereocenters. The Bertz CT molecular complexity index is 379. The van der Waals surface area contributed by atoms with Gasteiger partial charge in [0.05, 0.1) is 6.10 Å². The van der Waals surface area contributed by atoms with Gasteiger partial charge in [0.1, 0.15) is 5.75 Å². The van der Waals surface area contributed by atoms with Crippen LogP contribution in [0.3, 0.4) is 0 Å². The zero-order valence-electron chi connectivity index (χ0n) is 9.29. The third-order valence-corrected chi connectivity index (χ3v) is 2.13. The van der Waals surface area contributed by atoms with E-state index >= 15 is 0 Å². The van der Waals surface area contributed by atoms with E-state index in [-0.39, 0.29) is 18.7 Å². The van der Waals surface area contributed by atoms with Crippen LogP contribution in [0.5, 0.6) is 5.75 Å². The molecule has 0 heterocycles. The fourth-order valence-electron chi connectivity index (χ4n) is 1.49. The minimum absolute atomic E-state index is 0.255. The topological polar surface area (TPSA) is 55.5 Å². The number of rotatable bonds is 4. The Kier molecular flexibility index (Phi) is 4.36. The first-order valence-corrected chi connectivity index (χ1v) is 5.07. The van der Waals surface area contributed by atoms with E-state index in [0.29, 0.717) is 11.1 Å². The van der Waals surface area contributed by atoms with Crippen molar-refractivity contribution in [2.45, 2.75) is 25.8 Å². The van der Waals surface area contributed by atoms with Gasteiger partial charge < -0.3 is 15.6 Å². The zero-order valence-corrected chi connectivity index (χ0v) is 9.29. The molecule has 0 fully saturated rings. The number of aliphatic hydroxyl groups excluding tert-OH is 1. The Balaban J connectivity index is 2.94. The number of aryl methyl sites for hydroxylation is 1. The molecule has 0 bridgehead atoms. The first kappa shape index (κ1) is 13.8. The number of hydrogen-bond acceptors (Lipinski definition) is 3. The molecule has 0 saturated carbocycles. The SMILES string of the molecule is Cc1cc(OC(F)(F)F)cc(C(O)CCN)c1. The van der Waals surface area contributed by atoms with Gasteiger partial charge in [-0.3, -0.25) is 0 Å². The molecule has 1 aromatic rings. The third kappa shape index (κ3) is 4.62. The molecule has 0 spiro atoms. The molecular formula is C11H14F3NO2. The highest BCUT2D eigenvalue weighted by Crippen LogP contribution is 2.28. The molecule has 0 aliphatic rings. The first-order chi connectivity index (χ1) is 7.81. The minimum atomic E-state index is -4.73. The highest BCUT2D eigenvalue weighted by molar-refractivity contribution is 5.35. The van der Waals surface area contributed by atoms with E-state index in [1.165, 1.54) is 12.1 Å². The fourth-order valence-corrected chi connectivity index (χ4v) is 1.49. The lowest BCUT2D eigenvalue weighted by Gasteiger charge is -2.14. The maximum absolute atomic E-state index is 12.0. The average molecular weight is 249 g/mol. The Morgan fingerprint density at radius 2 is 2.00 bits per heavy atom. The number of ether oxygens (including phenoxy) is 1. The van der Waals surface area contributed by atoms with Crippen molar-refractivity contribution in [3.8, 4) is 5.75 Å². The molecule has 0 aliphatic heterocycles. The highest BCUT2D eigenvalue weighted by Gasteiger charge is 2.31. The number of halogens is 3. The summed E-state index contributed by atoms with van der Waals surface area (Å²) < 4.78 is 40.0. The molecule has 3 N–H and O–H groups in total. The summed E-state index contributed by atoms with van der Waals surface area (Å²) in [6.45, 7) is 1.88. The lowest BCUT2D eigenvalue weighted by atomic mass is 10.0. The van der Waals surface area contributed by atoms with Crippen LogP contribution in [-0.2, 0) is 0 Å². The Labute approximate surface area is 97.0 Å². The first-order valence-electron chi connectivity index (χ1n) is 5.07. The van der Waals surface area contributed by atoms with E-state index in [4.69, 9.17) is 5.73 Å². The van der Waals surface area contributed by atoms with Gasteiger partial charge in [0.25, 0.3) is 0 Å². The smallest absolute Gasteiger partial charge is 0.406 e. The second-order valence-corrected chi connectivity index (χ2v) is 3.72. The average Bonchev–Trinajstić information content (AvgIpc) is 2.14. The fraction of sp³-hybridized carbons (Fsp3) is 0.455. The lowest BCUT2D eigenvalue weighted by molar-refractivity contribution is -0.274. The molecule has 1 atom stereocenters. The van der Waals surface area contributed by atoms with Crippen LogP contribution in [0.25, 0.3) is 0 Å². The van der Waals surface area contributed by atoms with Crippen molar-refractivity contribution in [3.05, 3.63) is 29.3 Å². The van der Waals surface area contributed by atoms with E-state index in [2.05, 4.69) is 4.74 Å². The lowest BCUT2D eigenvalue weighted by Crippen LogP contribution is -2.17. The molecule has 17 heavy (non-hydrogen) atoms. The molecule has 0 aromatic heterocycles. The van der Waals surface area contributed by atoms with Gasteiger partial charge in [-0.05, 0) is 43.1 Å². The van der Waals surface area contributed by atoms with Gasteiger partial charge in [0.15, 0.2) is 0 Å². The van der Waals surface area contributed by atoms with Crippen molar-refractivity contribution in [1.29, 1.82) is 0 Å². The summed E-state index contributed by atoms with van der Waals surface area (Å²) in [5.74, 6) is -0.330. The molecule has 0 radical (unpaired) electrons. The summed E-state index contributed by atoms with van der Waals surface area (Å²) in [7, 11) is 0. The summed E-state index contributed by atoms with van der Waals surface area (Å²) in [4.78, 5) is 0. The molecule has 1 rings (SSSR count). The number of hydrogen-bond donors (Lipinski definition) is 2. The predicted octanol–water partition coefficient (Wildman–Crippen LogP) is 2.28. The molecule has 0 amide bonds. The summed E-state index contributed by atoms with van der Waals surface area (Å²) >= 11 is 0. The quantitative estimate of drug-likeness (QED) is 0.860. The second-order valence-electron chi connectivity index (χ2n) is 3.72. The molecule has 0 aliphatic carbocycles. The van der Waals surface area contributed by atoms with E-state index in [1.807, 2.05) is 0 Å². The van der Waals surface area contributed by atoms with Crippen LogP contribution in [0.1, 0.15) is 23.7 Å². The van der Waals surface area contributed by atoms with E-state index in [0.717, 1.165) is 0 Å². The third-order valence-electron chi connectivity index (χ3n) is 2.13. The van der Waals surface area contributed by atoms with E-state index < -0.39 is 12.5 Å². The predicted molar refractivity (Wildman–Crippen MR) is 56.5 cm³/mol. The molecular weight excluding hydrogens is 235 g/mol. The van der Waals surface area contributed by atoms with Crippen molar-refractivity contribution < 1.29 is 23.0 Å². The monoisotopic (exact) mass is 249 g/mol. The van der Waals surface area contributed by atoms with Gasteiger partial charge in [0.2, 0.25) is 0 Å². The zero-order chi connectivity index (χ0) is 13.1. The van der Waals surface area contributed by atoms with Crippen molar-refractivity contribution >= 4 is 0 Å². The number of nitrogens with two attached hydrogens (primary N) is 1. The maximum Gasteiger partial charge on any atom is 0.573 e. The Hall–Kier alpha value is -1.27. The van der Waals surface area contributed by atoms with Gasteiger partial charge >= 0.3 is 6.36 Å². The summed E-state index contributed by atoms with van der Waals surface area (Å²) in [6, 6.07) is 4.02. The summed E-state index contributed by atoms with van der Waals surface area (Å²) in [5.41, 5.74) is 6.22. The van der Waals surface area contributed by atoms with Crippen LogP contribution in [0.4, 0.5) is 13.2 Å². The molecule has 0 saturated heterocycles. The van der Waals surface area contributed by atoms with E-state index in [1.54, 1.807) is 13.0 Å². The maximum atomic E-state index is 12.0. The van der Waals surface area contributed by atoms with Crippen LogP contribution < -0.4 is 10.5 Å². The van der Waals surface area contributed by atoms with Crippen LogP contribution >= 0.6 is 0 Å². The van der Waals surface area contributed by atoms with Gasteiger partial charge in [-0.15, -0.1) is 13.2 Å². The van der Waals surface area contributed by atoms with Gasteiger partial charge in [-0.2, -0.15) is 0 Å². The van der Waals surface area contributed by atoms with Gasteiger partial charge in [0, 0.05) is 0 Å². The largest absolute Gasteiger partial charge is 0.573 e. The number of aliphatic hydroxyl groups is 1. The van der Waals surface area contributed by atoms with Crippen molar-refractivity contribution in [2.75, 3.05) is 6.54 Å².